The Hall–Kier alpha value is -2.14. The Labute approximate surface area is 209 Å². The van der Waals surface area contributed by atoms with Crippen molar-refractivity contribution >= 4 is 41.3 Å². The number of hydrogen-bond acceptors (Lipinski definition) is 7. The Bertz CT molecular complexity index is 955. The van der Waals surface area contributed by atoms with Gasteiger partial charge in [0.15, 0.2) is 0 Å². The molecule has 0 aromatic heterocycles. The number of hydrogen-bond donors (Lipinski definition) is 3. The van der Waals surface area contributed by atoms with Crippen molar-refractivity contribution in [1.29, 1.82) is 0 Å². The quantitative estimate of drug-likeness (QED) is 0.348. The van der Waals surface area contributed by atoms with E-state index in [0.717, 1.165) is 38.6 Å². The van der Waals surface area contributed by atoms with E-state index in [4.69, 9.17) is 5.73 Å². The summed E-state index contributed by atoms with van der Waals surface area (Å²) in [7, 11) is 0. The van der Waals surface area contributed by atoms with Crippen molar-refractivity contribution in [3.8, 4) is 0 Å². The number of nitrogens with two attached hydrogens (primary N) is 1. The van der Waals surface area contributed by atoms with Crippen LogP contribution in [0.5, 0.6) is 0 Å². The number of nitrogens with zero attached hydrogens (tertiary/aromatic N) is 2. The summed E-state index contributed by atoms with van der Waals surface area (Å²) in [5.41, 5.74) is 4.90. The summed E-state index contributed by atoms with van der Waals surface area (Å²) in [6, 6.07) is -0.0627. The average molecular weight is 506 g/mol. The van der Waals surface area contributed by atoms with E-state index in [2.05, 4.69) is 15.5 Å². The summed E-state index contributed by atoms with van der Waals surface area (Å²) in [5.74, 6) is -0.649. The average Bonchev–Trinajstić information content (AvgIpc) is 3.64. The molecule has 5 aliphatic rings. The first-order chi connectivity index (χ1) is 16.7. The molecule has 5 atom stereocenters. The third-order valence-electron chi connectivity index (χ3n) is 8.56. The lowest BCUT2D eigenvalue weighted by atomic mass is 10.1. The first kappa shape index (κ1) is 24.5. The van der Waals surface area contributed by atoms with Gasteiger partial charge in [-0.2, -0.15) is 0 Å². The predicted octanol–water partition coefficient (Wildman–Crippen LogP) is -0.250. The number of primary amides is 1. The summed E-state index contributed by atoms with van der Waals surface area (Å²) in [4.78, 5) is 65.3. The molecule has 5 rings (SSSR count). The molecular formula is C24H35N5O5S. The van der Waals surface area contributed by atoms with Crippen LogP contribution in [-0.4, -0.2) is 87.1 Å². The highest BCUT2D eigenvalue weighted by Gasteiger charge is 2.70. The van der Waals surface area contributed by atoms with E-state index in [-0.39, 0.29) is 66.4 Å². The van der Waals surface area contributed by atoms with E-state index in [1.54, 1.807) is 6.92 Å². The largest absolute Gasteiger partial charge is 0.369 e. The van der Waals surface area contributed by atoms with Gasteiger partial charge in [0.05, 0.1) is 5.25 Å². The first-order valence-electron chi connectivity index (χ1n) is 12.8. The molecular weight excluding hydrogens is 470 g/mol. The van der Waals surface area contributed by atoms with Crippen LogP contribution < -0.4 is 16.4 Å². The van der Waals surface area contributed by atoms with Crippen LogP contribution in [0.1, 0.15) is 58.3 Å². The molecule has 192 valence electrons. The number of amides is 5. The minimum atomic E-state index is -0.495. The summed E-state index contributed by atoms with van der Waals surface area (Å²) in [5, 5.41) is 5.99. The standard InChI is InChI=1S/C24H35N5O5S/c1-14(20(25)32)13-35-17-10-19(31)28(21(17)33)8-2-4-18(30)27-16-12-26-24(11-15(16)24)22(34)29-9-3-5-23(29)6-7-23/h14-17,26H,2-13H2,1H3,(H2,25,32)(H,27,30)/t14-,15+,16?,17?,24+/m0/s1. The summed E-state index contributed by atoms with van der Waals surface area (Å²) < 4.78 is 0. The maximum atomic E-state index is 13.3. The molecule has 2 saturated carbocycles. The number of thioether (sulfide) groups is 1. The highest BCUT2D eigenvalue weighted by molar-refractivity contribution is 8.00. The molecule has 4 N–H and O–H groups in total. The monoisotopic (exact) mass is 505 g/mol. The smallest absolute Gasteiger partial charge is 0.243 e. The Morgan fingerprint density at radius 1 is 1.26 bits per heavy atom. The molecule has 1 spiro atoms. The summed E-state index contributed by atoms with van der Waals surface area (Å²) in [6.07, 6.45) is 5.94. The van der Waals surface area contributed by atoms with Crippen molar-refractivity contribution in [1.82, 2.24) is 20.4 Å². The van der Waals surface area contributed by atoms with Crippen LogP contribution >= 0.6 is 11.8 Å². The zero-order valence-electron chi connectivity index (χ0n) is 20.2. The lowest BCUT2D eigenvalue weighted by molar-refractivity contribution is -0.139. The maximum absolute atomic E-state index is 13.3. The highest BCUT2D eigenvalue weighted by atomic mass is 32.2. The van der Waals surface area contributed by atoms with Gasteiger partial charge in [-0.25, -0.2) is 0 Å². The molecule has 0 bridgehead atoms. The second-order valence-corrected chi connectivity index (χ2v) is 12.2. The van der Waals surface area contributed by atoms with Gasteiger partial charge in [0.2, 0.25) is 29.5 Å². The van der Waals surface area contributed by atoms with Crippen LogP contribution in [0.3, 0.4) is 0 Å². The second kappa shape index (κ2) is 9.06. The fraction of sp³-hybridized carbons (Fsp3) is 0.792. The highest BCUT2D eigenvalue weighted by Crippen LogP contribution is 2.56. The lowest BCUT2D eigenvalue weighted by Gasteiger charge is -2.28. The minimum Gasteiger partial charge on any atom is -0.369 e. The number of nitrogens with one attached hydrogen (secondary N) is 2. The van der Waals surface area contributed by atoms with Crippen molar-refractivity contribution in [2.45, 2.75) is 80.7 Å². The van der Waals surface area contributed by atoms with Crippen LogP contribution in [-0.2, 0) is 24.0 Å². The number of rotatable bonds is 10. The Balaban J connectivity index is 1.04. The normalized spacial score (nSPS) is 33.2. The number of imide groups is 1. The summed E-state index contributed by atoms with van der Waals surface area (Å²) in [6.45, 7) is 3.35. The fourth-order valence-corrected chi connectivity index (χ4v) is 7.30. The van der Waals surface area contributed by atoms with Gasteiger partial charge < -0.3 is 21.3 Å². The van der Waals surface area contributed by atoms with Crippen molar-refractivity contribution in [3.05, 3.63) is 0 Å². The topological polar surface area (TPSA) is 142 Å². The Kier molecular flexibility index (Phi) is 6.36. The Morgan fingerprint density at radius 2 is 2.03 bits per heavy atom. The van der Waals surface area contributed by atoms with Crippen LogP contribution in [0.25, 0.3) is 0 Å². The number of carbonyl (C=O) groups excluding carboxylic acids is 5. The van der Waals surface area contributed by atoms with Crippen LogP contribution in [0, 0.1) is 11.8 Å². The first-order valence-corrected chi connectivity index (χ1v) is 13.8. The van der Waals surface area contributed by atoms with Crippen molar-refractivity contribution in [2.75, 3.05) is 25.4 Å². The molecule has 35 heavy (non-hydrogen) atoms. The number of carbonyl (C=O) groups is 5. The van der Waals surface area contributed by atoms with Crippen LogP contribution in [0.2, 0.25) is 0 Å². The van der Waals surface area contributed by atoms with Gasteiger partial charge in [-0.3, -0.25) is 28.9 Å². The predicted molar refractivity (Wildman–Crippen MR) is 129 cm³/mol. The number of piperidine rings is 1. The molecule has 2 unspecified atom stereocenters. The fourth-order valence-electron chi connectivity index (χ4n) is 6.08. The molecule has 5 amide bonds. The molecule has 0 radical (unpaired) electrons. The maximum Gasteiger partial charge on any atom is 0.243 e. The van der Waals surface area contributed by atoms with Gasteiger partial charge in [0.1, 0.15) is 5.54 Å². The molecule has 0 aromatic rings. The molecule has 2 aliphatic carbocycles. The van der Waals surface area contributed by atoms with E-state index in [0.29, 0.717) is 18.7 Å². The molecule has 11 heteroatoms. The van der Waals surface area contributed by atoms with Gasteiger partial charge in [-0.05, 0) is 38.5 Å². The zero-order chi connectivity index (χ0) is 25.0. The van der Waals surface area contributed by atoms with Gasteiger partial charge in [-0.15, -0.1) is 11.8 Å². The van der Waals surface area contributed by atoms with E-state index >= 15 is 0 Å². The van der Waals surface area contributed by atoms with Crippen LogP contribution in [0.4, 0.5) is 0 Å². The second-order valence-electron chi connectivity index (χ2n) is 10.9. The van der Waals surface area contributed by atoms with E-state index in [9.17, 15) is 24.0 Å². The SMILES string of the molecule is C[C@@H](CSC1CC(=O)N(CCCC(=O)NC2CN[C@]3(C(=O)N4CCCC45CC5)C[C@H]23)C1=O)C(N)=O. The Morgan fingerprint density at radius 3 is 2.71 bits per heavy atom. The van der Waals surface area contributed by atoms with Crippen molar-refractivity contribution < 1.29 is 24.0 Å². The lowest BCUT2D eigenvalue weighted by Crippen LogP contribution is -2.50. The van der Waals surface area contributed by atoms with Crippen molar-refractivity contribution in [3.63, 3.8) is 0 Å². The van der Waals surface area contributed by atoms with E-state index in [1.165, 1.54) is 16.7 Å². The molecule has 3 heterocycles. The zero-order valence-corrected chi connectivity index (χ0v) is 21.0. The molecule has 3 saturated heterocycles. The third-order valence-corrected chi connectivity index (χ3v) is 10.0. The number of likely N-dealkylation sites (tertiary alicyclic amines) is 2. The minimum absolute atomic E-state index is 0.0627. The van der Waals surface area contributed by atoms with E-state index in [1.807, 2.05) is 0 Å². The summed E-state index contributed by atoms with van der Waals surface area (Å²) >= 11 is 1.29. The van der Waals surface area contributed by atoms with Crippen LogP contribution in [0.15, 0.2) is 0 Å². The molecule has 5 fully saturated rings. The number of fused-ring (bicyclic) bond motifs is 1. The molecule has 3 aliphatic heterocycles. The molecule has 0 aromatic carbocycles. The van der Waals surface area contributed by atoms with Gasteiger partial charge in [0.25, 0.3) is 0 Å². The van der Waals surface area contributed by atoms with E-state index < -0.39 is 16.7 Å². The van der Waals surface area contributed by atoms with Gasteiger partial charge in [-0.1, -0.05) is 6.92 Å². The van der Waals surface area contributed by atoms with Gasteiger partial charge in [0, 0.05) is 61.6 Å². The molecule has 10 nitrogen and oxygen atoms in total. The van der Waals surface area contributed by atoms with Crippen molar-refractivity contribution in [2.24, 2.45) is 17.6 Å². The van der Waals surface area contributed by atoms with Gasteiger partial charge >= 0.3 is 0 Å². The third kappa shape index (κ3) is 4.45.